The average Bonchev–Trinajstić information content (AvgIpc) is 2.75. The van der Waals surface area contributed by atoms with Crippen molar-refractivity contribution in [1.29, 1.82) is 0 Å². The number of likely N-dealkylation sites (tertiary alicyclic amines) is 1. The number of piperidine rings is 1. The van der Waals surface area contributed by atoms with E-state index in [4.69, 9.17) is 5.73 Å². The van der Waals surface area contributed by atoms with Crippen molar-refractivity contribution in [2.45, 2.75) is 31.7 Å². The Bertz CT molecular complexity index is 313. The molecule has 0 unspecified atom stereocenters. The minimum atomic E-state index is 0.596. The Morgan fingerprint density at radius 3 is 2.88 bits per heavy atom. The molecule has 1 aromatic heterocycles. The molecule has 0 aromatic carbocycles. The van der Waals surface area contributed by atoms with E-state index < -0.39 is 0 Å². The molecule has 2 rings (SSSR count). The first kappa shape index (κ1) is 11.6. The number of nitrogens with two attached hydrogens (primary N) is 1. The third kappa shape index (κ3) is 2.62. The summed E-state index contributed by atoms with van der Waals surface area (Å²) in [6.45, 7) is 3.13. The highest BCUT2D eigenvalue weighted by Crippen LogP contribution is 2.22. The van der Waals surface area contributed by atoms with Crippen LogP contribution in [-0.2, 0) is 6.42 Å². The molecule has 0 spiro atoms. The van der Waals surface area contributed by atoms with Crippen LogP contribution in [0.5, 0.6) is 0 Å². The summed E-state index contributed by atoms with van der Waals surface area (Å²) in [4.78, 5) is 2.39. The highest BCUT2D eigenvalue weighted by Gasteiger charge is 2.20. The van der Waals surface area contributed by atoms with Crippen molar-refractivity contribution in [3.8, 4) is 0 Å². The van der Waals surface area contributed by atoms with Gasteiger partial charge in [-0.2, -0.15) is 5.10 Å². The van der Waals surface area contributed by atoms with Gasteiger partial charge < -0.3 is 10.6 Å². The third-order valence-corrected chi connectivity index (χ3v) is 3.42. The summed E-state index contributed by atoms with van der Waals surface area (Å²) in [7, 11) is 2.19. The lowest BCUT2D eigenvalue weighted by molar-refractivity contribution is 0.209. The largest absolute Gasteiger partial charge is 0.330 e. The Kier molecular flexibility index (Phi) is 3.96. The first-order chi connectivity index (χ1) is 7.81. The summed E-state index contributed by atoms with van der Waals surface area (Å²) in [5.41, 5.74) is 6.90. The molecule has 0 saturated carbocycles. The molecule has 0 aliphatic carbocycles. The SMILES string of the molecule is CN1CCC(n2nccc2CCCN)CC1. The van der Waals surface area contributed by atoms with Gasteiger partial charge in [-0.1, -0.05) is 0 Å². The van der Waals surface area contributed by atoms with Crippen LogP contribution in [0, 0.1) is 0 Å². The van der Waals surface area contributed by atoms with Gasteiger partial charge in [-0.15, -0.1) is 0 Å². The summed E-state index contributed by atoms with van der Waals surface area (Å²) in [5.74, 6) is 0. The number of rotatable bonds is 4. The molecule has 90 valence electrons. The van der Waals surface area contributed by atoms with Gasteiger partial charge in [0.05, 0.1) is 6.04 Å². The van der Waals surface area contributed by atoms with Gasteiger partial charge in [0.25, 0.3) is 0 Å². The maximum atomic E-state index is 5.56. The summed E-state index contributed by atoms with van der Waals surface area (Å²) in [5, 5.41) is 4.48. The average molecular weight is 222 g/mol. The fourth-order valence-corrected chi connectivity index (χ4v) is 2.39. The molecule has 4 heteroatoms. The number of hydrogen-bond donors (Lipinski definition) is 1. The van der Waals surface area contributed by atoms with Crippen molar-refractivity contribution < 1.29 is 0 Å². The molecule has 1 aliphatic heterocycles. The predicted molar refractivity (Wildman–Crippen MR) is 65.4 cm³/mol. The van der Waals surface area contributed by atoms with E-state index in [1.165, 1.54) is 31.6 Å². The third-order valence-electron chi connectivity index (χ3n) is 3.42. The van der Waals surface area contributed by atoms with E-state index in [0.717, 1.165) is 19.4 Å². The second-order valence-corrected chi connectivity index (χ2v) is 4.69. The lowest BCUT2D eigenvalue weighted by Gasteiger charge is -2.30. The monoisotopic (exact) mass is 222 g/mol. The van der Waals surface area contributed by atoms with Crippen molar-refractivity contribution in [3.05, 3.63) is 18.0 Å². The number of aryl methyl sites for hydroxylation is 1. The van der Waals surface area contributed by atoms with Crippen LogP contribution in [0.4, 0.5) is 0 Å². The lowest BCUT2D eigenvalue weighted by Crippen LogP contribution is -2.32. The molecule has 0 radical (unpaired) electrons. The van der Waals surface area contributed by atoms with Crippen LogP contribution in [0.15, 0.2) is 12.3 Å². The van der Waals surface area contributed by atoms with Crippen molar-refractivity contribution >= 4 is 0 Å². The normalized spacial score (nSPS) is 19.1. The summed E-state index contributed by atoms with van der Waals surface area (Å²) in [6, 6.07) is 2.73. The fraction of sp³-hybridized carbons (Fsp3) is 0.750. The molecular weight excluding hydrogens is 200 g/mol. The van der Waals surface area contributed by atoms with E-state index in [0.29, 0.717) is 6.04 Å². The molecule has 0 amide bonds. The van der Waals surface area contributed by atoms with Crippen LogP contribution in [0.3, 0.4) is 0 Å². The van der Waals surface area contributed by atoms with Crippen LogP contribution >= 0.6 is 0 Å². The molecule has 16 heavy (non-hydrogen) atoms. The van der Waals surface area contributed by atoms with Crippen LogP contribution in [0.1, 0.15) is 31.0 Å². The van der Waals surface area contributed by atoms with Gasteiger partial charge in [0.15, 0.2) is 0 Å². The predicted octanol–water partition coefficient (Wildman–Crippen LogP) is 1.04. The summed E-state index contributed by atoms with van der Waals surface area (Å²) >= 11 is 0. The molecule has 0 atom stereocenters. The van der Waals surface area contributed by atoms with Gasteiger partial charge in [-0.3, -0.25) is 4.68 Å². The van der Waals surface area contributed by atoms with Gasteiger partial charge in [0.1, 0.15) is 0 Å². The molecule has 4 nitrogen and oxygen atoms in total. The van der Waals surface area contributed by atoms with Crippen molar-refractivity contribution in [2.24, 2.45) is 5.73 Å². The Morgan fingerprint density at radius 2 is 2.19 bits per heavy atom. The van der Waals surface area contributed by atoms with Crippen molar-refractivity contribution in [1.82, 2.24) is 14.7 Å². The van der Waals surface area contributed by atoms with Crippen LogP contribution < -0.4 is 5.73 Å². The Balaban J connectivity index is 1.99. The molecule has 0 bridgehead atoms. The highest BCUT2D eigenvalue weighted by atomic mass is 15.3. The van der Waals surface area contributed by atoms with Crippen LogP contribution in [-0.4, -0.2) is 41.4 Å². The van der Waals surface area contributed by atoms with Crippen molar-refractivity contribution in [2.75, 3.05) is 26.7 Å². The molecule has 1 saturated heterocycles. The maximum Gasteiger partial charge on any atom is 0.0546 e. The fourth-order valence-electron chi connectivity index (χ4n) is 2.39. The molecule has 1 aliphatic rings. The van der Waals surface area contributed by atoms with E-state index in [2.05, 4.69) is 27.8 Å². The second kappa shape index (κ2) is 5.46. The standard InChI is InChI=1S/C12H22N4/c1-15-9-5-12(6-10-15)16-11(3-2-7-13)4-8-14-16/h4,8,12H,2-3,5-7,9-10,13H2,1H3. The quantitative estimate of drug-likeness (QED) is 0.828. The van der Waals surface area contributed by atoms with E-state index in [1.807, 2.05) is 6.20 Å². The van der Waals surface area contributed by atoms with Gasteiger partial charge in [-0.05, 0) is 58.4 Å². The summed E-state index contributed by atoms with van der Waals surface area (Å²) in [6.07, 6.45) is 6.47. The molecule has 1 aromatic rings. The van der Waals surface area contributed by atoms with Gasteiger partial charge in [0.2, 0.25) is 0 Å². The topological polar surface area (TPSA) is 47.1 Å². The second-order valence-electron chi connectivity index (χ2n) is 4.69. The van der Waals surface area contributed by atoms with Gasteiger partial charge in [0, 0.05) is 11.9 Å². The zero-order chi connectivity index (χ0) is 11.4. The minimum absolute atomic E-state index is 0.596. The number of aromatic nitrogens is 2. The van der Waals surface area contributed by atoms with E-state index in [9.17, 15) is 0 Å². The number of nitrogens with zero attached hydrogens (tertiary/aromatic N) is 3. The van der Waals surface area contributed by atoms with E-state index in [1.54, 1.807) is 0 Å². The Labute approximate surface area is 97.4 Å². The van der Waals surface area contributed by atoms with Crippen LogP contribution in [0.2, 0.25) is 0 Å². The Morgan fingerprint density at radius 1 is 1.44 bits per heavy atom. The van der Waals surface area contributed by atoms with Gasteiger partial charge >= 0.3 is 0 Å². The lowest BCUT2D eigenvalue weighted by atomic mass is 10.1. The van der Waals surface area contributed by atoms with Crippen molar-refractivity contribution in [3.63, 3.8) is 0 Å². The Hall–Kier alpha value is -0.870. The van der Waals surface area contributed by atoms with E-state index in [-0.39, 0.29) is 0 Å². The molecular formula is C12H22N4. The molecule has 2 N–H and O–H groups in total. The number of hydrogen-bond acceptors (Lipinski definition) is 3. The highest BCUT2D eigenvalue weighted by molar-refractivity contribution is 5.02. The first-order valence-electron chi connectivity index (χ1n) is 6.22. The van der Waals surface area contributed by atoms with E-state index >= 15 is 0 Å². The zero-order valence-electron chi connectivity index (χ0n) is 10.1. The first-order valence-corrected chi connectivity index (χ1v) is 6.22. The minimum Gasteiger partial charge on any atom is -0.330 e. The molecule has 2 heterocycles. The van der Waals surface area contributed by atoms with Gasteiger partial charge in [-0.25, -0.2) is 0 Å². The molecule has 1 fully saturated rings. The smallest absolute Gasteiger partial charge is 0.0546 e. The zero-order valence-corrected chi connectivity index (χ0v) is 10.1. The maximum absolute atomic E-state index is 5.56. The summed E-state index contributed by atoms with van der Waals surface area (Å²) < 4.78 is 2.22. The van der Waals surface area contributed by atoms with Crippen LogP contribution in [0.25, 0.3) is 0 Å².